The van der Waals surface area contributed by atoms with Gasteiger partial charge in [0.1, 0.15) is 12.4 Å². The standard InChI is InChI=1S/C14H22N4O5S2.HI/c1-24(19,20)18(25(2,21)22)12-5-7-13(8-6-12)23-10-9-16-14(15)17-11-3-4-11;/h5-8,11H,3-4,9-10H2,1-2H3,(H3,15,16,17);1H. The predicted molar refractivity (Wildman–Crippen MR) is 112 cm³/mol. The van der Waals surface area contributed by atoms with Crippen LogP contribution in [-0.2, 0) is 20.0 Å². The van der Waals surface area contributed by atoms with Gasteiger partial charge in [0, 0.05) is 6.04 Å². The molecule has 1 aliphatic rings. The second-order valence-corrected chi connectivity index (χ2v) is 9.64. The zero-order chi connectivity index (χ0) is 18.7. The number of sulfonamides is 2. The summed E-state index contributed by atoms with van der Waals surface area (Å²) >= 11 is 0. The number of ether oxygens (including phenoxy) is 1. The van der Waals surface area contributed by atoms with Crippen molar-refractivity contribution in [1.82, 2.24) is 5.32 Å². The summed E-state index contributed by atoms with van der Waals surface area (Å²) in [6, 6.07) is 6.15. The maximum absolute atomic E-state index is 11.7. The minimum atomic E-state index is -3.96. The summed E-state index contributed by atoms with van der Waals surface area (Å²) in [5, 5.41) is 3.05. The molecule has 1 aliphatic carbocycles. The van der Waals surface area contributed by atoms with Gasteiger partial charge in [-0.2, -0.15) is 3.71 Å². The summed E-state index contributed by atoms with van der Waals surface area (Å²) in [6.45, 7) is 0.653. The first kappa shape index (κ1) is 22.8. The molecule has 0 atom stereocenters. The van der Waals surface area contributed by atoms with Gasteiger partial charge in [-0.1, -0.05) is 0 Å². The van der Waals surface area contributed by atoms with Gasteiger partial charge < -0.3 is 15.8 Å². The highest BCUT2D eigenvalue weighted by Crippen LogP contribution is 2.24. The van der Waals surface area contributed by atoms with Crippen LogP contribution in [0.4, 0.5) is 5.69 Å². The lowest BCUT2D eigenvalue weighted by Gasteiger charge is -2.19. The molecule has 0 spiro atoms. The zero-order valence-corrected chi connectivity index (χ0v) is 18.4. The molecule has 3 N–H and O–H groups in total. The van der Waals surface area contributed by atoms with Gasteiger partial charge in [-0.25, -0.2) is 21.8 Å². The summed E-state index contributed by atoms with van der Waals surface area (Å²) in [4.78, 5) is 4.12. The molecule has 148 valence electrons. The van der Waals surface area contributed by atoms with Crippen molar-refractivity contribution in [1.29, 1.82) is 0 Å². The lowest BCUT2D eigenvalue weighted by molar-refractivity contribution is 0.328. The average Bonchev–Trinajstić information content (AvgIpc) is 3.26. The summed E-state index contributed by atoms with van der Waals surface area (Å²) in [5.74, 6) is 0.855. The maximum atomic E-state index is 11.7. The number of nitrogens with zero attached hydrogens (tertiary/aromatic N) is 2. The second kappa shape index (κ2) is 9.08. The van der Waals surface area contributed by atoms with E-state index in [0.29, 0.717) is 28.0 Å². The van der Waals surface area contributed by atoms with E-state index in [1.54, 1.807) is 0 Å². The Bertz CT molecular complexity index is 805. The number of rotatable bonds is 8. The molecule has 26 heavy (non-hydrogen) atoms. The number of hydrogen-bond donors (Lipinski definition) is 2. The largest absolute Gasteiger partial charge is 0.492 e. The highest BCUT2D eigenvalue weighted by Gasteiger charge is 2.27. The van der Waals surface area contributed by atoms with E-state index in [4.69, 9.17) is 10.5 Å². The van der Waals surface area contributed by atoms with Crippen LogP contribution >= 0.6 is 24.0 Å². The van der Waals surface area contributed by atoms with Crippen molar-refractivity contribution in [3.63, 3.8) is 0 Å². The van der Waals surface area contributed by atoms with Crippen LogP contribution in [0.15, 0.2) is 29.3 Å². The third-order valence-electron chi connectivity index (χ3n) is 3.22. The SMILES string of the molecule is CS(=O)(=O)N(c1ccc(OCCN=C(N)NC2CC2)cc1)S(C)(=O)=O.I. The monoisotopic (exact) mass is 518 g/mol. The van der Waals surface area contributed by atoms with Crippen molar-refractivity contribution in [3.8, 4) is 5.75 Å². The van der Waals surface area contributed by atoms with Crippen LogP contribution in [0, 0.1) is 0 Å². The molecule has 12 heteroatoms. The molecule has 0 amide bonds. The summed E-state index contributed by atoms with van der Waals surface area (Å²) in [5.41, 5.74) is 5.71. The van der Waals surface area contributed by atoms with Crippen molar-refractivity contribution in [2.75, 3.05) is 29.4 Å². The molecule has 9 nitrogen and oxygen atoms in total. The highest BCUT2D eigenvalue weighted by atomic mass is 127. The van der Waals surface area contributed by atoms with E-state index in [2.05, 4.69) is 10.3 Å². The van der Waals surface area contributed by atoms with Crippen molar-refractivity contribution in [3.05, 3.63) is 24.3 Å². The fourth-order valence-electron chi connectivity index (χ4n) is 2.11. The number of anilines is 1. The summed E-state index contributed by atoms with van der Waals surface area (Å²) < 4.78 is 52.7. The van der Waals surface area contributed by atoms with Gasteiger partial charge in [-0.15, -0.1) is 24.0 Å². The van der Waals surface area contributed by atoms with Crippen LogP contribution < -0.4 is 19.5 Å². The van der Waals surface area contributed by atoms with Crippen molar-refractivity contribution in [2.45, 2.75) is 18.9 Å². The fraction of sp³-hybridized carbons (Fsp3) is 0.500. The van der Waals surface area contributed by atoms with E-state index in [-0.39, 0.29) is 36.3 Å². The molecule has 0 saturated heterocycles. The molecular weight excluding hydrogens is 495 g/mol. The zero-order valence-electron chi connectivity index (χ0n) is 14.5. The third kappa shape index (κ3) is 7.15. The van der Waals surface area contributed by atoms with Gasteiger partial charge >= 0.3 is 0 Å². The first-order valence-electron chi connectivity index (χ1n) is 7.57. The Balaban J connectivity index is 0.00000338. The fourth-order valence-corrected chi connectivity index (χ4v) is 5.08. The maximum Gasteiger partial charge on any atom is 0.245 e. The van der Waals surface area contributed by atoms with Gasteiger partial charge in [0.2, 0.25) is 20.0 Å². The average molecular weight is 518 g/mol. The molecule has 1 saturated carbocycles. The Labute approximate surface area is 171 Å². The topological polar surface area (TPSA) is 131 Å². The minimum absolute atomic E-state index is 0. The molecule has 1 aromatic rings. The number of guanidine groups is 1. The van der Waals surface area contributed by atoms with E-state index >= 15 is 0 Å². The molecule has 0 aromatic heterocycles. The van der Waals surface area contributed by atoms with Gasteiger partial charge in [0.15, 0.2) is 5.96 Å². The number of halogens is 1. The van der Waals surface area contributed by atoms with Crippen molar-refractivity contribution < 1.29 is 21.6 Å². The van der Waals surface area contributed by atoms with Gasteiger partial charge in [0.05, 0.1) is 24.7 Å². The van der Waals surface area contributed by atoms with Crippen molar-refractivity contribution in [2.24, 2.45) is 10.7 Å². The molecule has 0 bridgehead atoms. The third-order valence-corrected chi connectivity index (χ3v) is 6.47. The normalized spacial score (nSPS) is 15.1. The van der Waals surface area contributed by atoms with Gasteiger partial charge in [-0.3, -0.25) is 0 Å². The molecule has 0 radical (unpaired) electrons. The van der Waals surface area contributed by atoms with E-state index in [1.807, 2.05) is 0 Å². The number of nitrogens with one attached hydrogen (secondary N) is 1. The molecule has 1 fully saturated rings. The Morgan fingerprint density at radius 2 is 1.73 bits per heavy atom. The number of aliphatic imine (C=N–C) groups is 1. The smallest absolute Gasteiger partial charge is 0.245 e. The van der Waals surface area contributed by atoms with E-state index in [1.165, 1.54) is 24.3 Å². The lowest BCUT2D eigenvalue weighted by atomic mass is 10.3. The van der Waals surface area contributed by atoms with Crippen LogP contribution in [-0.4, -0.2) is 54.5 Å². The number of nitrogens with two attached hydrogens (primary N) is 1. The lowest BCUT2D eigenvalue weighted by Crippen LogP contribution is -2.35. The first-order chi connectivity index (χ1) is 11.6. The van der Waals surface area contributed by atoms with Crippen LogP contribution in [0.3, 0.4) is 0 Å². The Morgan fingerprint density at radius 1 is 1.19 bits per heavy atom. The summed E-state index contributed by atoms with van der Waals surface area (Å²) in [6.07, 6.45) is 3.88. The molecule has 0 aliphatic heterocycles. The molecule has 0 heterocycles. The van der Waals surface area contributed by atoms with Crippen LogP contribution in [0.2, 0.25) is 0 Å². The predicted octanol–water partition coefficient (Wildman–Crippen LogP) is 0.476. The molecular formula is C14H23IN4O5S2. The highest BCUT2D eigenvalue weighted by molar-refractivity contribution is 14.0. The second-order valence-electron chi connectivity index (χ2n) is 5.75. The van der Waals surface area contributed by atoms with E-state index < -0.39 is 20.0 Å². The van der Waals surface area contributed by atoms with Gasteiger partial charge in [-0.05, 0) is 37.1 Å². The Hall–Kier alpha value is -1.28. The van der Waals surface area contributed by atoms with E-state index in [0.717, 1.165) is 25.4 Å². The van der Waals surface area contributed by atoms with E-state index in [9.17, 15) is 16.8 Å². The Morgan fingerprint density at radius 3 is 2.19 bits per heavy atom. The Kier molecular flexibility index (Phi) is 7.95. The first-order valence-corrected chi connectivity index (χ1v) is 11.3. The number of hydrogen-bond acceptors (Lipinski definition) is 6. The number of benzene rings is 1. The van der Waals surface area contributed by atoms with Crippen LogP contribution in [0.1, 0.15) is 12.8 Å². The quantitative estimate of drug-likeness (QED) is 0.222. The molecule has 2 rings (SSSR count). The van der Waals surface area contributed by atoms with Crippen molar-refractivity contribution >= 4 is 55.7 Å². The van der Waals surface area contributed by atoms with Crippen LogP contribution in [0.5, 0.6) is 5.75 Å². The summed E-state index contributed by atoms with van der Waals surface area (Å²) in [7, 11) is -7.92. The molecule has 0 unspecified atom stereocenters. The molecule has 1 aromatic carbocycles. The minimum Gasteiger partial charge on any atom is -0.492 e. The van der Waals surface area contributed by atoms with Crippen LogP contribution in [0.25, 0.3) is 0 Å². The van der Waals surface area contributed by atoms with Gasteiger partial charge in [0.25, 0.3) is 0 Å².